The molecule has 1 aromatic rings. The summed E-state index contributed by atoms with van der Waals surface area (Å²) in [5.41, 5.74) is 2.78. The molecule has 128 valence electrons. The van der Waals surface area contributed by atoms with Gasteiger partial charge in [0, 0.05) is 24.7 Å². The van der Waals surface area contributed by atoms with E-state index in [0.717, 1.165) is 18.7 Å². The van der Waals surface area contributed by atoms with E-state index >= 15 is 0 Å². The summed E-state index contributed by atoms with van der Waals surface area (Å²) in [7, 11) is 0. The fourth-order valence-electron chi connectivity index (χ4n) is 3.32. The Balaban J connectivity index is 0.00000192. The van der Waals surface area contributed by atoms with E-state index in [4.69, 9.17) is 0 Å². The molecule has 0 radical (unpaired) electrons. The molecule has 2 unspecified atom stereocenters. The molecule has 0 spiro atoms. The second-order valence-corrected chi connectivity index (χ2v) is 6.16. The lowest BCUT2D eigenvalue weighted by molar-refractivity contribution is -0.183. The van der Waals surface area contributed by atoms with E-state index in [0.29, 0.717) is 18.4 Å². The predicted molar refractivity (Wildman–Crippen MR) is 83.5 cm³/mol. The van der Waals surface area contributed by atoms with Gasteiger partial charge in [0.25, 0.3) is 5.91 Å². The number of alkyl halides is 3. The Morgan fingerprint density at radius 2 is 1.91 bits per heavy atom. The molecule has 1 fully saturated rings. The summed E-state index contributed by atoms with van der Waals surface area (Å²) in [4.78, 5) is 12.3. The van der Waals surface area contributed by atoms with Gasteiger partial charge >= 0.3 is 6.18 Å². The second-order valence-electron chi connectivity index (χ2n) is 6.16. The molecule has 1 aliphatic heterocycles. The molecule has 0 aromatic heterocycles. The molecule has 2 N–H and O–H groups in total. The van der Waals surface area contributed by atoms with E-state index in [2.05, 4.69) is 10.6 Å². The highest BCUT2D eigenvalue weighted by Gasteiger charge is 2.42. The summed E-state index contributed by atoms with van der Waals surface area (Å²) in [6, 6.07) is 5.09. The first-order valence-corrected chi connectivity index (χ1v) is 7.63. The summed E-state index contributed by atoms with van der Waals surface area (Å²) in [5, 5.41) is 5.97. The van der Waals surface area contributed by atoms with Crippen LogP contribution in [-0.2, 0) is 13.1 Å². The van der Waals surface area contributed by atoms with Crippen LogP contribution in [0.15, 0.2) is 18.2 Å². The Bertz CT molecular complexity index is 577. The lowest BCUT2D eigenvalue weighted by Gasteiger charge is -2.31. The second kappa shape index (κ2) is 7.09. The standard InChI is InChI=1S/C16H19F3N2O.ClH/c17-16(18,19)13-2-1-3-14(7-13)21-15(22)10-4-5-11-8-20-9-12(11)6-10;/h4-6,13-14,20H,1-3,7-9H2,(H,21,22);1H. The summed E-state index contributed by atoms with van der Waals surface area (Å²) in [5.74, 6) is -1.57. The van der Waals surface area contributed by atoms with Crippen LogP contribution in [0.1, 0.15) is 47.2 Å². The van der Waals surface area contributed by atoms with Crippen molar-refractivity contribution in [2.75, 3.05) is 0 Å². The van der Waals surface area contributed by atoms with E-state index in [1.807, 2.05) is 12.1 Å². The lowest BCUT2D eigenvalue weighted by Crippen LogP contribution is -2.41. The molecule has 0 bridgehead atoms. The fourth-order valence-corrected chi connectivity index (χ4v) is 3.32. The highest BCUT2D eigenvalue weighted by molar-refractivity contribution is 5.94. The number of carbonyl (C=O) groups is 1. The fraction of sp³-hybridized carbons (Fsp3) is 0.562. The SMILES string of the molecule is Cl.O=C(NC1CCCC(C(F)(F)F)C1)c1ccc2c(c1)CNC2. The number of hydrogen-bond acceptors (Lipinski definition) is 2. The van der Waals surface area contributed by atoms with Gasteiger partial charge in [-0.2, -0.15) is 13.2 Å². The maximum Gasteiger partial charge on any atom is 0.391 e. The maximum atomic E-state index is 12.8. The molecular weight excluding hydrogens is 329 g/mol. The van der Waals surface area contributed by atoms with Crippen LogP contribution in [0.4, 0.5) is 13.2 Å². The van der Waals surface area contributed by atoms with Gasteiger partial charge in [-0.25, -0.2) is 0 Å². The van der Waals surface area contributed by atoms with Crippen molar-refractivity contribution in [2.24, 2.45) is 5.92 Å². The summed E-state index contributed by atoms with van der Waals surface area (Å²) in [6.07, 6.45) is -2.89. The van der Waals surface area contributed by atoms with Gasteiger partial charge in [-0.15, -0.1) is 12.4 Å². The normalized spacial score (nSPS) is 23.8. The minimum atomic E-state index is -4.16. The molecule has 7 heteroatoms. The van der Waals surface area contributed by atoms with E-state index in [-0.39, 0.29) is 37.2 Å². The third kappa shape index (κ3) is 4.18. The van der Waals surface area contributed by atoms with Gasteiger partial charge in [-0.1, -0.05) is 12.5 Å². The van der Waals surface area contributed by atoms with Crippen LogP contribution in [0, 0.1) is 5.92 Å². The van der Waals surface area contributed by atoms with Crippen molar-refractivity contribution < 1.29 is 18.0 Å². The zero-order valence-corrected chi connectivity index (χ0v) is 13.4. The third-order valence-electron chi connectivity index (χ3n) is 4.57. The Morgan fingerprint density at radius 3 is 2.65 bits per heavy atom. The van der Waals surface area contributed by atoms with Crippen LogP contribution in [0.25, 0.3) is 0 Å². The maximum absolute atomic E-state index is 12.8. The molecule has 1 aliphatic carbocycles. The average molecular weight is 349 g/mol. The van der Waals surface area contributed by atoms with Gasteiger partial charge in [0.15, 0.2) is 0 Å². The third-order valence-corrected chi connectivity index (χ3v) is 4.57. The van der Waals surface area contributed by atoms with E-state index in [1.165, 1.54) is 5.56 Å². The molecule has 1 saturated carbocycles. The van der Waals surface area contributed by atoms with Crippen LogP contribution in [-0.4, -0.2) is 18.1 Å². The number of hydrogen-bond donors (Lipinski definition) is 2. The topological polar surface area (TPSA) is 41.1 Å². The minimum Gasteiger partial charge on any atom is -0.349 e. The first-order chi connectivity index (χ1) is 10.4. The Kier molecular flexibility index (Phi) is 5.57. The van der Waals surface area contributed by atoms with Crippen molar-refractivity contribution >= 4 is 18.3 Å². The van der Waals surface area contributed by atoms with Gasteiger partial charge in [-0.05, 0) is 42.5 Å². The number of nitrogens with one attached hydrogen (secondary N) is 2. The van der Waals surface area contributed by atoms with Crippen LogP contribution in [0.5, 0.6) is 0 Å². The van der Waals surface area contributed by atoms with Crippen molar-refractivity contribution in [1.82, 2.24) is 10.6 Å². The van der Waals surface area contributed by atoms with Gasteiger partial charge in [-0.3, -0.25) is 4.79 Å². The predicted octanol–water partition coefficient (Wildman–Crippen LogP) is 3.56. The monoisotopic (exact) mass is 348 g/mol. The Labute approximate surface area is 139 Å². The molecule has 1 amide bonds. The van der Waals surface area contributed by atoms with Crippen LogP contribution < -0.4 is 10.6 Å². The zero-order valence-electron chi connectivity index (χ0n) is 12.6. The highest BCUT2D eigenvalue weighted by Crippen LogP contribution is 2.37. The number of fused-ring (bicyclic) bond motifs is 1. The smallest absolute Gasteiger partial charge is 0.349 e. The summed E-state index contributed by atoms with van der Waals surface area (Å²) < 4.78 is 38.4. The van der Waals surface area contributed by atoms with Gasteiger partial charge in [0.05, 0.1) is 5.92 Å². The molecule has 23 heavy (non-hydrogen) atoms. The van der Waals surface area contributed by atoms with Gasteiger partial charge < -0.3 is 10.6 Å². The van der Waals surface area contributed by atoms with Crippen molar-refractivity contribution in [1.29, 1.82) is 0 Å². The van der Waals surface area contributed by atoms with E-state index in [1.54, 1.807) is 6.07 Å². The number of amides is 1. The molecular formula is C16H20ClF3N2O. The summed E-state index contributed by atoms with van der Waals surface area (Å²) >= 11 is 0. The van der Waals surface area contributed by atoms with Crippen molar-refractivity contribution in [3.05, 3.63) is 34.9 Å². The first-order valence-electron chi connectivity index (χ1n) is 7.63. The molecule has 1 aromatic carbocycles. The molecule has 0 saturated heterocycles. The van der Waals surface area contributed by atoms with E-state index in [9.17, 15) is 18.0 Å². The quantitative estimate of drug-likeness (QED) is 0.858. The molecule has 3 rings (SSSR count). The Hall–Kier alpha value is -1.27. The number of rotatable bonds is 2. The van der Waals surface area contributed by atoms with Gasteiger partial charge in [0.1, 0.15) is 0 Å². The van der Waals surface area contributed by atoms with Crippen LogP contribution in [0.3, 0.4) is 0 Å². The zero-order chi connectivity index (χ0) is 15.7. The van der Waals surface area contributed by atoms with E-state index < -0.39 is 12.1 Å². The minimum absolute atomic E-state index is 0. The van der Waals surface area contributed by atoms with Crippen LogP contribution in [0.2, 0.25) is 0 Å². The van der Waals surface area contributed by atoms with Crippen molar-refractivity contribution in [2.45, 2.75) is 51.0 Å². The first kappa shape index (κ1) is 18.1. The largest absolute Gasteiger partial charge is 0.391 e. The Morgan fingerprint density at radius 1 is 1.17 bits per heavy atom. The number of carbonyl (C=O) groups excluding carboxylic acids is 1. The number of benzene rings is 1. The van der Waals surface area contributed by atoms with Crippen molar-refractivity contribution in [3.63, 3.8) is 0 Å². The highest BCUT2D eigenvalue weighted by atomic mass is 35.5. The molecule has 1 heterocycles. The lowest BCUT2D eigenvalue weighted by atomic mass is 9.85. The molecule has 2 aliphatic rings. The number of halogens is 4. The van der Waals surface area contributed by atoms with Crippen LogP contribution >= 0.6 is 12.4 Å². The molecule has 3 nitrogen and oxygen atoms in total. The van der Waals surface area contributed by atoms with Gasteiger partial charge in [0.2, 0.25) is 0 Å². The van der Waals surface area contributed by atoms with Crippen molar-refractivity contribution in [3.8, 4) is 0 Å². The average Bonchev–Trinajstić information content (AvgIpc) is 2.94. The summed E-state index contributed by atoms with van der Waals surface area (Å²) in [6.45, 7) is 1.53. The molecule has 2 atom stereocenters.